The van der Waals surface area contributed by atoms with Crippen LogP contribution in [0.25, 0.3) is 5.69 Å². The number of anilines is 2. The minimum atomic E-state index is -0.329. The maximum Gasteiger partial charge on any atom is 0.275 e. The molecular formula is C23H19ClFN5O. The highest BCUT2D eigenvalue weighted by Crippen LogP contribution is 2.21. The zero-order valence-corrected chi connectivity index (χ0v) is 17.4. The van der Waals surface area contributed by atoms with Crippen molar-refractivity contribution in [3.8, 4) is 5.69 Å². The Kier molecular flexibility index (Phi) is 5.95. The number of halogens is 2. The lowest BCUT2D eigenvalue weighted by Gasteiger charge is -2.19. The summed E-state index contributed by atoms with van der Waals surface area (Å²) < 4.78 is 15.1. The first-order chi connectivity index (χ1) is 15.0. The van der Waals surface area contributed by atoms with Crippen molar-refractivity contribution in [2.24, 2.45) is 0 Å². The summed E-state index contributed by atoms with van der Waals surface area (Å²) in [6, 6.07) is 16.9. The third kappa shape index (κ3) is 4.90. The number of hydrogen-bond acceptors (Lipinski definition) is 4. The van der Waals surface area contributed by atoms with Gasteiger partial charge < -0.3 is 14.8 Å². The van der Waals surface area contributed by atoms with Gasteiger partial charge in [-0.2, -0.15) is 0 Å². The number of carbonyl (C=O) groups excluding carboxylic acids is 1. The fourth-order valence-corrected chi connectivity index (χ4v) is 3.22. The lowest BCUT2D eigenvalue weighted by Crippen LogP contribution is -2.19. The van der Waals surface area contributed by atoms with Gasteiger partial charge in [-0.1, -0.05) is 11.6 Å². The van der Waals surface area contributed by atoms with Gasteiger partial charge in [-0.15, -0.1) is 0 Å². The van der Waals surface area contributed by atoms with Crippen LogP contribution in [-0.4, -0.2) is 27.5 Å². The molecule has 0 radical (unpaired) electrons. The van der Waals surface area contributed by atoms with E-state index in [2.05, 4.69) is 15.3 Å². The van der Waals surface area contributed by atoms with E-state index in [1.54, 1.807) is 55.0 Å². The van der Waals surface area contributed by atoms with Gasteiger partial charge in [0.05, 0.1) is 6.54 Å². The average molecular weight is 436 g/mol. The number of aromatic nitrogens is 3. The van der Waals surface area contributed by atoms with Crippen molar-refractivity contribution < 1.29 is 9.18 Å². The van der Waals surface area contributed by atoms with Crippen molar-refractivity contribution in [3.63, 3.8) is 0 Å². The van der Waals surface area contributed by atoms with Crippen LogP contribution in [0.3, 0.4) is 0 Å². The first kappa shape index (κ1) is 20.6. The van der Waals surface area contributed by atoms with Gasteiger partial charge in [0.15, 0.2) is 0 Å². The highest BCUT2D eigenvalue weighted by Gasteiger charge is 2.17. The summed E-state index contributed by atoms with van der Waals surface area (Å²) in [5.41, 5.74) is 2.55. The Labute approximate surface area is 183 Å². The van der Waals surface area contributed by atoms with Gasteiger partial charge in [0, 0.05) is 47.7 Å². The van der Waals surface area contributed by atoms with Crippen molar-refractivity contribution in [3.05, 3.63) is 102 Å². The average Bonchev–Trinajstić information content (AvgIpc) is 3.19. The van der Waals surface area contributed by atoms with E-state index in [4.69, 9.17) is 11.6 Å². The van der Waals surface area contributed by atoms with Gasteiger partial charge in [-0.25, -0.2) is 9.37 Å². The van der Waals surface area contributed by atoms with E-state index in [1.807, 2.05) is 28.6 Å². The summed E-state index contributed by atoms with van der Waals surface area (Å²) in [6.45, 7) is 0.400. The minimum absolute atomic E-state index is 0.272. The van der Waals surface area contributed by atoms with Crippen molar-refractivity contribution >= 4 is 28.9 Å². The van der Waals surface area contributed by atoms with E-state index in [-0.39, 0.29) is 17.4 Å². The molecule has 0 saturated carbocycles. The second-order valence-corrected chi connectivity index (χ2v) is 7.35. The van der Waals surface area contributed by atoms with Gasteiger partial charge in [0.25, 0.3) is 5.91 Å². The second-order valence-electron chi connectivity index (χ2n) is 6.91. The first-order valence-electron chi connectivity index (χ1n) is 9.52. The molecule has 0 bridgehead atoms. The van der Waals surface area contributed by atoms with Gasteiger partial charge in [-0.3, -0.25) is 9.78 Å². The third-order valence-electron chi connectivity index (χ3n) is 4.70. The van der Waals surface area contributed by atoms with Crippen molar-refractivity contribution in [1.82, 2.24) is 14.5 Å². The molecule has 2 aromatic carbocycles. The van der Waals surface area contributed by atoms with Crippen LogP contribution < -0.4 is 10.2 Å². The molecule has 31 heavy (non-hydrogen) atoms. The minimum Gasteiger partial charge on any atom is -0.367 e. The summed E-state index contributed by atoms with van der Waals surface area (Å²) in [6.07, 6.45) is 4.89. The number of amides is 1. The summed E-state index contributed by atoms with van der Waals surface area (Å²) in [5.74, 6) is 0.0218. The highest BCUT2D eigenvalue weighted by molar-refractivity contribution is 6.30. The summed E-state index contributed by atoms with van der Waals surface area (Å²) in [4.78, 5) is 23.2. The monoisotopic (exact) mass is 435 g/mol. The molecule has 156 valence electrons. The normalized spacial score (nSPS) is 10.7. The maximum atomic E-state index is 13.3. The SMILES string of the molecule is CN(Cc1nc(C(=O)Nc2ccncc2)cn1-c1ccc(Cl)cc1)c1ccc(F)cc1. The van der Waals surface area contributed by atoms with Crippen LogP contribution in [0.1, 0.15) is 16.3 Å². The largest absolute Gasteiger partial charge is 0.367 e. The van der Waals surface area contributed by atoms with E-state index < -0.39 is 0 Å². The fraction of sp³-hybridized carbons (Fsp3) is 0.0870. The molecule has 1 amide bonds. The number of imidazole rings is 1. The Balaban J connectivity index is 1.65. The van der Waals surface area contributed by atoms with Crippen molar-refractivity contribution in [2.45, 2.75) is 6.54 Å². The first-order valence-corrected chi connectivity index (χ1v) is 9.90. The molecule has 0 saturated heterocycles. The molecule has 0 spiro atoms. The zero-order chi connectivity index (χ0) is 21.8. The summed E-state index contributed by atoms with van der Waals surface area (Å²) in [5, 5.41) is 3.43. The van der Waals surface area contributed by atoms with Crippen LogP contribution in [0.2, 0.25) is 5.02 Å². The molecule has 0 atom stereocenters. The van der Waals surface area contributed by atoms with Crippen LogP contribution in [0.4, 0.5) is 15.8 Å². The summed E-state index contributed by atoms with van der Waals surface area (Å²) >= 11 is 6.03. The predicted octanol–water partition coefficient (Wildman–Crippen LogP) is 4.95. The molecule has 4 aromatic rings. The fourth-order valence-electron chi connectivity index (χ4n) is 3.09. The van der Waals surface area contributed by atoms with Crippen LogP contribution >= 0.6 is 11.6 Å². The molecule has 0 aliphatic heterocycles. The molecule has 0 fully saturated rings. The Morgan fingerprint density at radius 2 is 1.74 bits per heavy atom. The maximum absolute atomic E-state index is 13.3. The van der Waals surface area contributed by atoms with Crippen molar-refractivity contribution in [1.29, 1.82) is 0 Å². The van der Waals surface area contributed by atoms with E-state index in [9.17, 15) is 9.18 Å². The predicted molar refractivity (Wildman–Crippen MR) is 119 cm³/mol. The molecular weight excluding hydrogens is 417 g/mol. The van der Waals surface area contributed by atoms with Crippen LogP contribution in [0, 0.1) is 5.82 Å². The molecule has 1 N–H and O–H groups in total. The smallest absolute Gasteiger partial charge is 0.275 e. The van der Waals surface area contributed by atoms with Gasteiger partial charge in [0.2, 0.25) is 0 Å². The second kappa shape index (κ2) is 8.97. The molecule has 0 unspecified atom stereocenters. The third-order valence-corrected chi connectivity index (χ3v) is 4.95. The molecule has 8 heteroatoms. The Morgan fingerprint density at radius 1 is 1.06 bits per heavy atom. The number of rotatable bonds is 6. The number of nitrogens with one attached hydrogen (secondary N) is 1. The van der Waals surface area contributed by atoms with Crippen LogP contribution in [-0.2, 0) is 6.54 Å². The van der Waals surface area contributed by atoms with E-state index in [0.29, 0.717) is 23.1 Å². The number of hydrogen-bond donors (Lipinski definition) is 1. The van der Waals surface area contributed by atoms with Gasteiger partial charge >= 0.3 is 0 Å². The van der Waals surface area contributed by atoms with E-state index in [1.165, 1.54) is 12.1 Å². The molecule has 2 heterocycles. The topological polar surface area (TPSA) is 63.1 Å². The Morgan fingerprint density at radius 3 is 2.42 bits per heavy atom. The standard InChI is InChI=1S/C23H19ClFN5O/c1-29(19-8-4-17(25)5-9-19)15-22-28-21(23(31)27-18-10-12-26-13-11-18)14-30(22)20-6-2-16(24)3-7-20/h2-14H,15H2,1H3,(H,26,27,31). The van der Waals surface area contributed by atoms with E-state index in [0.717, 1.165) is 11.4 Å². The molecule has 6 nitrogen and oxygen atoms in total. The van der Waals surface area contributed by atoms with Crippen molar-refractivity contribution in [2.75, 3.05) is 17.3 Å². The van der Waals surface area contributed by atoms with Gasteiger partial charge in [0.1, 0.15) is 17.3 Å². The number of pyridine rings is 1. The number of nitrogens with zero attached hydrogens (tertiary/aromatic N) is 4. The van der Waals surface area contributed by atoms with Crippen LogP contribution in [0.15, 0.2) is 79.3 Å². The molecule has 2 aromatic heterocycles. The number of carbonyl (C=O) groups is 1. The zero-order valence-electron chi connectivity index (χ0n) is 16.7. The molecule has 0 aliphatic rings. The molecule has 4 rings (SSSR count). The molecule has 0 aliphatic carbocycles. The lowest BCUT2D eigenvalue weighted by molar-refractivity contribution is 0.102. The van der Waals surface area contributed by atoms with Gasteiger partial charge in [-0.05, 0) is 60.7 Å². The Bertz CT molecular complexity index is 1180. The number of benzene rings is 2. The quantitative estimate of drug-likeness (QED) is 0.465. The van der Waals surface area contributed by atoms with Crippen LogP contribution in [0.5, 0.6) is 0 Å². The summed E-state index contributed by atoms with van der Waals surface area (Å²) in [7, 11) is 1.88. The highest BCUT2D eigenvalue weighted by atomic mass is 35.5. The lowest BCUT2D eigenvalue weighted by atomic mass is 10.3. The van der Waals surface area contributed by atoms with E-state index >= 15 is 0 Å². The Hall–Kier alpha value is -3.71.